The molecule has 0 saturated heterocycles. The number of aliphatic imine (C=N–C) groups is 1. The van der Waals surface area contributed by atoms with E-state index in [2.05, 4.69) is 10.3 Å². The van der Waals surface area contributed by atoms with Crippen molar-refractivity contribution >= 4 is 30.0 Å². The largest absolute Gasteiger partial charge is 0.442 e. The van der Waals surface area contributed by atoms with Crippen LogP contribution in [0.3, 0.4) is 0 Å². The molecule has 0 aliphatic heterocycles. The molecule has 0 heterocycles. The fourth-order valence-corrected chi connectivity index (χ4v) is 2.62. The number of rotatable bonds is 7. The van der Waals surface area contributed by atoms with E-state index in [4.69, 9.17) is 4.74 Å². The third-order valence-corrected chi connectivity index (χ3v) is 4.09. The molecule has 2 amide bonds. The summed E-state index contributed by atoms with van der Waals surface area (Å²) in [4.78, 5) is 27.8. The predicted octanol–water partition coefficient (Wildman–Crippen LogP) is 4.70. The second-order valence-electron chi connectivity index (χ2n) is 7.06. The molecule has 0 aliphatic rings. The Morgan fingerprint density at radius 1 is 1.29 bits per heavy atom. The van der Waals surface area contributed by atoms with E-state index in [1.54, 1.807) is 20.8 Å². The first kappa shape index (κ1) is 24.0. The number of carbonyl (C=O) groups excluding carboxylic acids is 2. The van der Waals surface area contributed by atoms with Crippen molar-refractivity contribution in [2.45, 2.75) is 45.5 Å². The first-order valence-corrected chi connectivity index (χ1v) is 10.0. The summed E-state index contributed by atoms with van der Waals surface area (Å²) in [5.74, 6) is -0.452. The first-order chi connectivity index (χ1) is 12.9. The van der Waals surface area contributed by atoms with Gasteiger partial charge >= 0.3 is 12.3 Å². The summed E-state index contributed by atoms with van der Waals surface area (Å²) >= 11 is 1.53. The molecule has 28 heavy (non-hydrogen) atoms. The van der Waals surface area contributed by atoms with Gasteiger partial charge in [-0.1, -0.05) is 12.1 Å². The molecule has 0 fully saturated rings. The third kappa shape index (κ3) is 9.25. The molecule has 0 saturated carbocycles. The van der Waals surface area contributed by atoms with E-state index in [1.807, 2.05) is 6.26 Å². The molecule has 1 unspecified atom stereocenters. The number of halogens is 3. The Balaban J connectivity index is 2.76. The molecular formula is C19H25F3N2O3S. The van der Waals surface area contributed by atoms with E-state index >= 15 is 0 Å². The number of nitrogens with one attached hydrogen (secondary N) is 1. The highest BCUT2D eigenvalue weighted by Gasteiger charge is 2.30. The standard InChI is InChI=1S/C19H25F3N2O3S/c1-18(2,3)27-17(26)24-12-14(8-9-28-4)16(25)23-11-13-6-5-7-15(10-13)19(20,21)22/h5-7,10,12,14H,8-9,11H2,1-4H3,(H,23,25)/b24-12+. The Morgan fingerprint density at radius 3 is 2.54 bits per heavy atom. The molecule has 0 aliphatic carbocycles. The first-order valence-electron chi connectivity index (χ1n) is 8.62. The topological polar surface area (TPSA) is 67.8 Å². The van der Waals surface area contributed by atoms with Gasteiger partial charge in [0.25, 0.3) is 0 Å². The number of ether oxygens (including phenoxy) is 1. The van der Waals surface area contributed by atoms with Crippen molar-refractivity contribution in [1.29, 1.82) is 0 Å². The summed E-state index contributed by atoms with van der Waals surface area (Å²) < 4.78 is 43.4. The molecule has 1 N–H and O–H groups in total. The van der Waals surface area contributed by atoms with Crippen LogP contribution in [0.2, 0.25) is 0 Å². The van der Waals surface area contributed by atoms with Crippen LogP contribution in [0.1, 0.15) is 38.3 Å². The lowest BCUT2D eigenvalue weighted by Crippen LogP contribution is -2.32. The zero-order valence-electron chi connectivity index (χ0n) is 16.3. The van der Waals surface area contributed by atoms with E-state index in [9.17, 15) is 22.8 Å². The van der Waals surface area contributed by atoms with Crippen LogP contribution in [0.25, 0.3) is 0 Å². The molecule has 0 aromatic heterocycles. The smallest absolute Gasteiger partial charge is 0.433 e. The SMILES string of the molecule is CSCCC(/C=N/C(=O)OC(C)(C)C)C(=O)NCc1cccc(C(F)(F)F)c1. The number of benzene rings is 1. The molecule has 0 bridgehead atoms. The van der Waals surface area contributed by atoms with Crippen LogP contribution in [-0.2, 0) is 22.3 Å². The Labute approximate surface area is 167 Å². The van der Waals surface area contributed by atoms with Crippen molar-refractivity contribution in [3.8, 4) is 0 Å². The minimum Gasteiger partial charge on any atom is -0.442 e. The Bertz CT molecular complexity index is 700. The summed E-state index contributed by atoms with van der Waals surface area (Å²) in [5.41, 5.74) is -1.14. The minimum absolute atomic E-state index is 0.0567. The van der Waals surface area contributed by atoms with Crippen molar-refractivity contribution in [3.05, 3.63) is 35.4 Å². The van der Waals surface area contributed by atoms with Gasteiger partial charge in [0.1, 0.15) is 5.60 Å². The van der Waals surface area contributed by atoms with Gasteiger partial charge in [-0.15, -0.1) is 0 Å². The van der Waals surface area contributed by atoms with Gasteiger partial charge in [0, 0.05) is 12.8 Å². The number of alkyl halides is 3. The molecule has 1 aromatic rings. The lowest BCUT2D eigenvalue weighted by atomic mass is 10.1. The molecule has 0 radical (unpaired) electrons. The van der Waals surface area contributed by atoms with Crippen molar-refractivity contribution in [3.63, 3.8) is 0 Å². The minimum atomic E-state index is -4.44. The number of thioether (sulfide) groups is 1. The van der Waals surface area contributed by atoms with Crippen LogP contribution in [0.15, 0.2) is 29.3 Å². The summed E-state index contributed by atoms with van der Waals surface area (Å²) in [7, 11) is 0. The van der Waals surface area contributed by atoms with Crippen molar-refractivity contribution in [1.82, 2.24) is 5.32 Å². The molecule has 5 nitrogen and oxygen atoms in total. The fourth-order valence-electron chi connectivity index (χ4n) is 2.14. The summed E-state index contributed by atoms with van der Waals surface area (Å²) in [5, 5.41) is 2.60. The van der Waals surface area contributed by atoms with Crippen LogP contribution in [0.5, 0.6) is 0 Å². The van der Waals surface area contributed by atoms with Gasteiger partial charge in [-0.05, 0) is 56.9 Å². The van der Waals surface area contributed by atoms with Crippen LogP contribution in [-0.4, -0.2) is 35.8 Å². The quantitative estimate of drug-likeness (QED) is 0.652. The summed E-state index contributed by atoms with van der Waals surface area (Å²) in [6.45, 7) is 5.05. The fraction of sp³-hybridized carbons (Fsp3) is 0.526. The second-order valence-corrected chi connectivity index (χ2v) is 8.05. The van der Waals surface area contributed by atoms with Crippen LogP contribution in [0, 0.1) is 5.92 Å². The van der Waals surface area contributed by atoms with Gasteiger partial charge in [-0.3, -0.25) is 4.79 Å². The Hall–Kier alpha value is -2.03. The monoisotopic (exact) mass is 418 g/mol. The van der Waals surface area contributed by atoms with Gasteiger partial charge in [-0.25, -0.2) is 4.79 Å². The normalized spacial score (nSPS) is 13.4. The lowest BCUT2D eigenvalue weighted by Gasteiger charge is -2.17. The van der Waals surface area contributed by atoms with E-state index in [0.29, 0.717) is 17.7 Å². The summed E-state index contributed by atoms with van der Waals surface area (Å²) in [6, 6.07) is 4.76. The molecule has 1 atom stereocenters. The maximum Gasteiger partial charge on any atom is 0.433 e. The predicted molar refractivity (Wildman–Crippen MR) is 105 cm³/mol. The Kier molecular flexibility index (Phi) is 9.00. The van der Waals surface area contributed by atoms with Gasteiger partial charge in [-0.2, -0.15) is 29.9 Å². The van der Waals surface area contributed by atoms with Gasteiger partial charge in [0.15, 0.2) is 0 Å². The molecule has 9 heteroatoms. The lowest BCUT2D eigenvalue weighted by molar-refractivity contribution is -0.137. The zero-order chi connectivity index (χ0) is 21.4. The van der Waals surface area contributed by atoms with Gasteiger partial charge in [0.2, 0.25) is 5.91 Å². The highest BCUT2D eigenvalue weighted by Crippen LogP contribution is 2.29. The highest BCUT2D eigenvalue weighted by molar-refractivity contribution is 7.98. The van der Waals surface area contributed by atoms with Crippen molar-refractivity contribution < 1.29 is 27.5 Å². The highest BCUT2D eigenvalue weighted by atomic mass is 32.2. The number of hydrogen-bond donors (Lipinski definition) is 1. The van der Waals surface area contributed by atoms with E-state index < -0.39 is 35.3 Å². The molecule has 1 rings (SSSR count). The zero-order valence-corrected chi connectivity index (χ0v) is 17.1. The summed E-state index contributed by atoms with van der Waals surface area (Å²) in [6.07, 6.45) is -1.70. The third-order valence-electron chi connectivity index (χ3n) is 3.44. The average molecular weight is 418 g/mol. The average Bonchev–Trinajstić information content (AvgIpc) is 2.57. The second kappa shape index (κ2) is 10.5. The number of hydrogen-bond acceptors (Lipinski definition) is 4. The van der Waals surface area contributed by atoms with Crippen molar-refractivity contribution in [2.75, 3.05) is 12.0 Å². The maximum atomic E-state index is 12.8. The maximum absolute atomic E-state index is 12.8. The van der Waals surface area contributed by atoms with E-state index in [-0.39, 0.29) is 6.54 Å². The van der Waals surface area contributed by atoms with E-state index in [1.165, 1.54) is 30.1 Å². The number of carbonyl (C=O) groups is 2. The number of nitrogens with zero attached hydrogens (tertiary/aromatic N) is 1. The molecule has 0 spiro atoms. The van der Waals surface area contributed by atoms with Crippen LogP contribution >= 0.6 is 11.8 Å². The Morgan fingerprint density at radius 2 is 1.96 bits per heavy atom. The number of amides is 2. The van der Waals surface area contributed by atoms with Crippen molar-refractivity contribution in [2.24, 2.45) is 10.9 Å². The van der Waals surface area contributed by atoms with Gasteiger partial charge in [0.05, 0.1) is 11.5 Å². The molecule has 156 valence electrons. The van der Waals surface area contributed by atoms with Gasteiger partial charge < -0.3 is 10.1 Å². The van der Waals surface area contributed by atoms with Crippen LogP contribution < -0.4 is 5.32 Å². The molecule has 1 aromatic carbocycles. The van der Waals surface area contributed by atoms with Crippen LogP contribution in [0.4, 0.5) is 18.0 Å². The molecular weight excluding hydrogens is 393 g/mol. The van der Waals surface area contributed by atoms with E-state index in [0.717, 1.165) is 12.1 Å².